The third kappa shape index (κ3) is 4.64. The van der Waals surface area contributed by atoms with Crippen molar-refractivity contribution in [3.63, 3.8) is 0 Å². The molecule has 0 saturated heterocycles. The monoisotopic (exact) mass is 560 g/mol. The van der Waals surface area contributed by atoms with Crippen LogP contribution in [0.25, 0.3) is 0 Å². The first-order chi connectivity index (χ1) is 19.3. The van der Waals surface area contributed by atoms with Crippen molar-refractivity contribution in [1.29, 1.82) is 0 Å². The minimum atomic E-state index is -1.18. The molecule has 5 rings (SSSR count). The van der Waals surface area contributed by atoms with Crippen molar-refractivity contribution in [1.82, 2.24) is 0 Å². The number of benzene rings is 3. The van der Waals surface area contributed by atoms with E-state index in [-0.39, 0.29) is 23.4 Å². The van der Waals surface area contributed by atoms with Gasteiger partial charge in [0.25, 0.3) is 0 Å². The van der Waals surface area contributed by atoms with Gasteiger partial charge in [0.15, 0.2) is 5.78 Å². The highest BCUT2D eigenvalue weighted by Crippen LogP contribution is 2.51. The second kappa shape index (κ2) is 11.0. The number of carbonyl (C=O) groups excluding carboxylic acids is 3. The topological polar surface area (TPSA) is 98.9 Å². The second-order valence-corrected chi connectivity index (χ2v) is 9.97. The molecule has 40 heavy (non-hydrogen) atoms. The van der Waals surface area contributed by atoms with Crippen molar-refractivity contribution < 1.29 is 28.2 Å². The van der Waals surface area contributed by atoms with Crippen LogP contribution in [-0.2, 0) is 23.9 Å². The van der Waals surface area contributed by atoms with Gasteiger partial charge in [-0.1, -0.05) is 54.1 Å². The maximum atomic E-state index is 14.5. The summed E-state index contributed by atoms with van der Waals surface area (Å²) in [6.45, 7) is 0. The fourth-order valence-corrected chi connectivity index (χ4v) is 5.85. The number of hydrogen-bond donors (Lipinski definition) is 1. The van der Waals surface area contributed by atoms with Crippen LogP contribution in [0.4, 0.5) is 10.1 Å². The Morgan fingerprint density at radius 3 is 2.25 bits per heavy atom. The van der Waals surface area contributed by atoms with Gasteiger partial charge in [0.2, 0.25) is 0 Å². The summed E-state index contributed by atoms with van der Waals surface area (Å²) in [4.78, 5) is 42.6. The molecule has 7 nitrogen and oxygen atoms in total. The predicted octanol–water partition coefficient (Wildman–Crippen LogP) is 5.23. The highest BCUT2D eigenvalue weighted by atomic mass is 35.5. The van der Waals surface area contributed by atoms with E-state index in [1.165, 1.54) is 38.5 Å². The molecule has 0 saturated carbocycles. The maximum absolute atomic E-state index is 14.5. The molecular weight excluding hydrogens is 535 g/mol. The number of hydrogen-bond acceptors (Lipinski definition) is 7. The summed E-state index contributed by atoms with van der Waals surface area (Å²) in [5, 5.41) is 0.387. The predicted molar refractivity (Wildman–Crippen MR) is 148 cm³/mol. The van der Waals surface area contributed by atoms with E-state index in [1.807, 2.05) is 30.3 Å². The van der Waals surface area contributed by atoms with Gasteiger partial charge in [0.1, 0.15) is 17.6 Å². The number of allylic oxidation sites excluding steroid dienone is 2. The van der Waals surface area contributed by atoms with Crippen molar-refractivity contribution in [2.45, 2.75) is 18.3 Å². The Labute approximate surface area is 235 Å². The molecule has 0 spiro atoms. The number of halogens is 2. The summed E-state index contributed by atoms with van der Waals surface area (Å²) in [7, 11) is 2.45. The fraction of sp³-hybridized carbons (Fsp3) is 0.194. The first kappa shape index (κ1) is 27.1. The van der Waals surface area contributed by atoms with Gasteiger partial charge < -0.3 is 15.2 Å². The molecule has 0 aromatic heterocycles. The van der Waals surface area contributed by atoms with Crippen LogP contribution >= 0.6 is 11.6 Å². The lowest BCUT2D eigenvalue weighted by Gasteiger charge is -2.44. The number of carbonyl (C=O) groups is 3. The van der Waals surface area contributed by atoms with Crippen LogP contribution in [0, 0.1) is 11.7 Å². The third-order valence-electron chi connectivity index (χ3n) is 7.39. The van der Waals surface area contributed by atoms with Gasteiger partial charge in [-0.2, -0.15) is 0 Å². The molecule has 0 fully saturated rings. The molecule has 2 N–H and O–H groups in total. The van der Waals surface area contributed by atoms with E-state index in [9.17, 15) is 18.8 Å². The number of ketones is 1. The Morgan fingerprint density at radius 1 is 0.950 bits per heavy atom. The average Bonchev–Trinajstić information content (AvgIpc) is 2.96. The smallest absolute Gasteiger partial charge is 0.338 e. The van der Waals surface area contributed by atoms with E-state index in [0.717, 1.165) is 5.56 Å². The molecule has 0 bridgehead atoms. The molecule has 1 aliphatic carbocycles. The summed E-state index contributed by atoms with van der Waals surface area (Å²) in [5.74, 6) is -5.13. The van der Waals surface area contributed by atoms with Gasteiger partial charge in [-0.3, -0.25) is 14.5 Å². The van der Waals surface area contributed by atoms with E-state index in [1.54, 1.807) is 29.2 Å². The van der Waals surface area contributed by atoms with Crippen LogP contribution in [0.3, 0.4) is 0 Å². The van der Waals surface area contributed by atoms with Crippen LogP contribution < -0.4 is 10.6 Å². The first-order valence-corrected chi connectivity index (χ1v) is 12.9. The average molecular weight is 561 g/mol. The summed E-state index contributed by atoms with van der Waals surface area (Å²) in [6, 6.07) is 21.5. The highest BCUT2D eigenvalue weighted by molar-refractivity contribution is 6.30. The van der Waals surface area contributed by atoms with Crippen molar-refractivity contribution in [3.05, 3.63) is 123 Å². The summed E-state index contributed by atoms with van der Waals surface area (Å²) in [5.41, 5.74) is 9.15. The van der Waals surface area contributed by atoms with Crippen LogP contribution in [0.1, 0.15) is 29.4 Å². The zero-order chi connectivity index (χ0) is 28.6. The third-order valence-corrected chi connectivity index (χ3v) is 7.63. The molecule has 2 aliphatic rings. The largest absolute Gasteiger partial charge is 0.468 e. The quantitative estimate of drug-likeness (QED) is 0.337. The fourth-order valence-electron chi connectivity index (χ4n) is 5.65. The SMILES string of the molecule is COC(=O)C1=C(N)N(c2ccc(F)cc2)C2=C(C(=O)[C@@H](C(=O)OC)[C@@H](c3ccccc3)C2)[C@@H]1c1cccc(Cl)c1. The number of esters is 2. The molecule has 0 unspecified atom stereocenters. The second-order valence-electron chi connectivity index (χ2n) is 9.54. The molecule has 3 aromatic carbocycles. The number of nitrogens with two attached hydrogens (primary N) is 1. The number of rotatable bonds is 5. The molecule has 204 valence electrons. The summed E-state index contributed by atoms with van der Waals surface area (Å²) < 4.78 is 24.2. The molecule has 9 heteroatoms. The van der Waals surface area contributed by atoms with Crippen molar-refractivity contribution in [2.75, 3.05) is 19.1 Å². The zero-order valence-corrected chi connectivity index (χ0v) is 22.5. The lowest BCUT2D eigenvalue weighted by atomic mass is 9.67. The van der Waals surface area contributed by atoms with Gasteiger partial charge >= 0.3 is 11.9 Å². The lowest BCUT2D eigenvalue weighted by Crippen LogP contribution is -2.46. The minimum absolute atomic E-state index is 0.00275. The zero-order valence-electron chi connectivity index (χ0n) is 21.8. The molecular formula is C31H26ClFN2O5. The van der Waals surface area contributed by atoms with Gasteiger partial charge in [-0.05, 0) is 53.9 Å². The van der Waals surface area contributed by atoms with E-state index in [2.05, 4.69) is 0 Å². The van der Waals surface area contributed by atoms with Crippen LogP contribution in [-0.4, -0.2) is 31.9 Å². The van der Waals surface area contributed by atoms with Gasteiger partial charge in [0.05, 0.1) is 25.7 Å². The number of anilines is 1. The molecule has 1 aliphatic heterocycles. The molecule has 3 atom stereocenters. The first-order valence-electron chi connectivity index (χ1n) is 12.6. The summed E-state index contributed by atoms with van der Waals surface area (Å²) >= 11 is 6.33. The number of ether oxygens (including phenoxy) is 2. The van der Waals surface area contributed by atoms with Crippen molar-refractivity contribution in [3.8, 4) is 0 Å². The van der Waals surface area contributed by atoms with E-state index in [0.29, 0.717) is 22.0 Å². The maximum Gasteiger partial charge on any atom is 0.338 e. The standard InChI is InChI=1S/C31H26ClFN2O5/c1-39-30(37)25-22(17-7-4-3-5-8-17)16-23-26(28(25)36)24(18-9-6-10-19(32)15-18)27(31(38)40-2)29(34)35(23)21-13-11-20(33)12-14-21/h3-15,22,24-25H,16,34H2,1-2H3/t22-,24+,25+/m1/s1. The molecule has 3 aromatic rings. The Bertz CT molecular complexity index is 1550. The van der Waals surface area contributed by atoms with Crippen LogP contribution in [0.5, 0.6) is 0 Å². The van der Waals surface area contributed by atoms with Gasteiger partial charge in [-0.15, -0.1) is 0 Å². The Kier molecular flexibility index (Phi) is 7.45. The number of Topliss-reactive ketones (excluding diaryl/α,β-unsaturated/α-hetero) is 1. The van der Waals surface area contributed by atoms with Crippen LogP contribution in [0.2, 0.25) is 5.02 Å². The summed E-state index contributed by atoms with van der Waals surface area (Å²) in [6.07, 6.45) is 0.203. The van der Waals surface area contributed by atoms with Gasteiger partial charge in [0, 0.05) is 27.9 Å². The molecule has 1 heterocycles. The van der Waals surface area contributed by atoms with Crippen LogP contribution in [0.15, 0.2) is 102 Å². The normalized spacial score (nSPS) is 20.8. The van der Waals surface area contributed by atoms with E-state index >= 15 is 0 Å². The van der Waals surface area contributed by atoms with Gasteiger partial charge in [-0.25, -0.2) is 9.18 Å². The molecule has 0 amide bonds. The Balaban J connectivity index is 1.83. The number of methoxy groups -OCH3 is 2. The van der Waals surface area contributed by atoms with Crippen molar-refractivity contribution >= 4 is 35.0 Å². The number of nitrogens with zero attached hydrogens (tertiary/aromatic N) is 1. The lowest BCUT2D eigenvalue weighted by molar-refractivity contribution is -0.150. The van der Waals surface area contributed by atoms with E-state index in [4.69, 9.17) is 26.8 Å². The Hall–Kier alpha value is -4.43. The Morgan fingerprint density at radius 2 is 1.62 bits per heavy atom. The van der Waals surface area contributed by atoms with E-state index < -0.39 is 41.3 Å². The van der Waals surface area contributed by atoms with Crippen molar-refractivity contribution in [2.24, 2.45) is 11.7 Å². The minimum Gasteiger partial charge on any atom is -0.468 e. The highest BCUT2D eigenvalue weighted by Gasteiger charge is 2.51. The molecule has 0 radical (unpaired) electrons.